The van der Waals surface area contributed by atoms with Crippen LogP contribution in [0.25, 0.3) is 12.2 Å². The van der Waals surface area contributed by atoms with Crippen LogP contribution in [0.2, 0.25) is 0 Å². The van der Waals surface area contributed by atoms with Gasteiger partial charge in [0.25, 0.3) is 0 Å². The molecule has 16 heavy (non-hydrogen) atoms. The Balaban J connectivity index is 0.00000128. The van der Waals surface area contributed by atoms with Gasteiger partial charge in [-0.1, -0.05) is 33.4 Å². The molecule has 0 unspecified atom stereocenters. The van der Waals surface area contributed by atoms with Crippen molar-refractivity contribution in [1.82, 2.24) is 9.55 Å². The van der Waals surface area contributed by atoms with Gasteiger partial charge in [-0.2, -0.15) is 0 Å². The van der Waals surface area contributed by atoms with Crippen LogP contribution in [0.1, 0.15) is 34.1 Å². The summed E-state index contributed by atoms with van der Waals surface area (Å²) in [5, 5.41) is 2.46. The molecule has 0 N–H and O–H groups in total. The van der Waals surface area contributed by atoms with Crippen LogP contribution in [0.3, 0.4) is 0 Å². The molecular formula is C13H23N3. The maximum Gasteiger partial charge on any atom is 0.206 e. The summed E-state index contributed by atoms with van der Waals surface area (Å²) in [6, 6.07) is 0. The smallest absolute Gasteiger partial charge is 0.206 e. The number of likely N-dealkylation sites (N-methyl/N-ethyl adjacent to an activating group) is 1. The summed E-state index contributed by atoms with van der Waals surface area (Å²) >= 11 is 0. The van der Waals surface area contributed by atoms with Gasteiger partial charge >= 0.3 is 0 Å². The number of rotatable bonds is 2. The number of fused-ring (bicyclic) bond motifs is 1. The van der Waals surface area contributed by atoms with Gasteiger partial charge in [0.1, 0.15) is 0 Å². The third-order valence-corrected chi connectivity index (χ3v) is 2.81. The Morgan fingerprint density at radius 3 is 2.50 bits per heavy atom. The molecule has 0 saturated carbocycles. The van der Waals surface area contributed by atoms with E-state index in [2.05, 4.69) is 47.5 Å². The lowest BCUT2D eigenvalue weighted by Crippen LogP contribution is -2.30. The molecule has 0 atom stereocenters. The van der Waals surface area contributed by atoms with Gasteiger partial charge in [-0.3, -0.25) is 0 Å². The highest BCUT2D eigenvalue weighted by molar-refractivity contribution is 5.39. The van der Waals surface area contributed by atoms with E-state index in [9.17, 15) is 0 Å². The molecule has 0 aromatic carbocycles. The fourth-order valence-corrected chi connectivity index (χ4v) is 2.08. The highest BCUT2D eigenvalue weighted by atomic mass is 15.3. The van der Waals surface area contributed by atoms with Crippen LogP contribution >= 0.6 is 0 Å². The van der Waals surface area contributed by atoms with Gasteiger partial charge in [-0.15, -0.1) is 0 Å². The van der Waals surface area contributed by atoms with Gasteiger partial charge in [0, 0.05) is 20.1 Å². The molecule has 3 heteroatoms. The van der Waals surface area contributed by atoms with E-state index in [-0.39, 0.29) is 7.43 Å². The SMILES string of the molecule is C.CC/C=c1/nc2n(/c1=C/CC)CCN2C. The van der Waals surface area contributed by atoms with E-state index in [0.29, 0.717) is 0 Å². The van der Waals surface area contributed by atoms with Crippen molar-refractivity contribution in [3.05, 3.63) is 10.7 Å². The average Bonchev–Trinajstić information content (AvgIpc) is 2.72. The van der Waals surface area contributed by atoms with Gasteiger partial charge in [-0.05, 0) is 12.8 Å². The third kappa shape index (κ3) is 1.99. The summed E-state index contributed by atoms with van der Waals surface area (Å²) in [4.78, 5) is 6.90. The number of hydrogen-bond donors (Lipinski definition) is 0. The lowest BCUT2D eigenvalue weighted by molar-refractivity contribution is 0.769. The zero-order chi connectivity index (χ0) is 10.8. The molecule has 3 nitrogen and oxygen atoms in total. The van der Waals surface area contributed by atoms with Crippen molar-refractivity contribution >= 4 is 18.1 Å². The Morgan fingerprint density at radius 2 is 1.88 bits per heavy atom. The fourth-order valence-electron chi connectivity index (χ4n) is 2.08. The quantitative estimate of drug-likeness (QED) is 0.751. The monoisotopic (exact) mass is 221 g/mol. The summed E-state index contributed by atoms with van der Waals surface area (Å²) < 4.78 is 2.32. The highest BCUT2D eigenvalue weighted by Gasteiger charge is 2.18. The molecule has 0 fully saturated rings. The maximum absolute atomic E-state index is 4.68. The molecule has 90 valence electrons. The predicted molar refractivity (Wildman–Crippen MR) is 71.0 cm³/mol. The molecule has 1 aromatic rings. The second-order valence-corrected chi connectivity index (χ2v) is 3.98. The summed E-state index contributed by atoms with van der Waals surface area (Å²) in [5.41, 5.74) is 0. The zero-order valence-corrected chi connectivity index (χ0v) is 9.82. The van der Waals surface area contributed by atoms with Crippen molar-refractivity contribution in [3.63, 3.8) is 0 Å². The third-order valence-electron chi connectivity index (χ3n) is 2.81. The van der Waals surface area contributed by atoms with Crippen LogP contribution in [-0.2, 0) is 6.54 Å². The molecule has 0 spiro atoms. The lowest BCUT2D eigenvalue weighted by Gasteiger charge is -2.04. The van der Waals surface area contributed by atoms with Gasteiger partial charge in [0.2, 0.25) is 5.95 Å². The number of hydrogen-bond acceptors (Lipinski definition) is 2. The van der Waals surface area contributed by atoms with Crippen molar-refractivity contribution in [3.8, 4) is 0 Å². The molecule has 1 aliphatic heterocycles. The van der Waals surface area contributed by atoms with Crippen molar-refractivity contribution < 1.29 is 0 Å². The average molecular weight is 221 g/mol. The molecule has 0 amide bonds. The molecular weight excluding hydrogens is 198 g/mol. The predicted octanol–water partition coefficient (Wildman–Crippen LogP) is 1.35. The topological polar surface area (TPSA) is 21.1 Å². The molecule has 0 saturated heterocycles. The Bertz CT molecular complexity index is 456. The van der Waals surface area contributed by atoms with E-state index in [1.165, 1.54) is 5.35 Å². The number of aromatic nitrogens is 2. The van der Waals surface area contributed by atoms with Crippen LogP contribution < -0.4 is 15.6 Å². The van der Waals surface area contributed by atoms with E-state index in [0.717, 1.165) is 37.2 Å². The molecule has 2 rings (SSSR count). The normalized spacial score (nSPS) is 16.6. The van der Waals surface area contributed by atoms with Crippen molar-refractivity contribution in [2.24, 2.45) is 0 Å². The summed E-state index contributed by atoms with van der Waals surface area (Å²) in [6.07, 6.45) is 6.60. The summed E-state index contributed by atoms with van der Waals surface area (Å²) in [7, 11) is 2.11. The minimum Gasteiger partial charge on any atom is -0.343 e. The second-order valence-electron chi connectivity index (χ2n) is 3.98. The molecule has 1 aliphatic rings. The van der Waals surface area contributed by atoms with Crippen LogP contribution in [0, 0.1) is 0 Å². The molecule has 1 aromatic heterocycles. The minimum absolute atomic E-state index is 0. The zero-order valence-electron chi connectivity index (χ0n) is 9.82. The van der Waals surface area contributed by atoms with Crippen molar-refractivity contribution in [2.45, 2.75) is 40.7 Å². The van der Waals surface area contributed by atoms with Crippen LogP contribution in [0.15, 0.2) is 0 Å². The first-order valence-corrected chi connectivity index (χ1v) is 5.76. The standard InChI is InChI=1S/C12H19N3.CH4/c1-4-6-10-11(7-5-2)15-9-8-14(3)12(15)13-10;/h6-7H,4-5,8-9H2,1-3H3;1H4/b10-6+,11-7+;. The Hall–Kier alpha value is -1.25. The summed E-state index contributed by atoms with van der Waals surface area (Å²) in [6.45, 7) is 6.49. The number of anilines is 1. The second kappa shape index (κ2) is 5.19. The van der Waals surface area contributed by atoms with Crippen LogP contribution in [-0.4, -0.2) is 23.1 Å². The molecule has 0 bridgehead atoms. The van der Waals surface area contributed by atoms with Crippen LogP contribution in [0.4, 0.5) is 5.95 Å². The van der Waals surface area contributed by atoms with Gasteiger partial charge in [0.15, 0.2) is 0 Å². The van der Waals surface area contributed by atoms with Gasteiger partial charge < -0.3 is 9.47 Å². The Morgan fingerprint density at radius 1 is 1.19 bits per heavy atom. The Labute approximate surface area is 98.1 Å². The molecule has 0 aliphatic carbocycles. The fraction of sp³-hybridized carbons (Fsp3) is 0.615. The van der Waals surface area contributed by atoms with E-state index in [1.54, 1.807) is 0 Å². The summed E-state index contributed by atoms with van der Waals surface area (Å²) in [5.74, 6) is 1.12. The number of imidazole rings is 1. The maximum atomic E-state index is 4.68. The van der Waals surface area contributed by atoms with Gasteiger partial charge in [-0.25, -0.2) is 4.98 Å². The van der Waals surface area contributed by atoms with Crippen LogP contribution in [0.5, 0.6) is 0 Å². The molecule has 0 radical (unpaired) electrons. The van der Waals surface area contributed by atoms with Crippen molar-refractivity contribution in [1.29, 1.82) is 0 Å². The first-order valence-electron chi connectivity index (χ1n) is 5.76. The largest absolute Gasteiger partial charge is 0.343 e. The molecule has 2 heterocycles. The van der Waals surface area contributed by atoms with E-state index < -0.39 is 0 Å². The number of nitrogens with zero attached hydrogens (tertiary/aromatic N) is 3. The van der Waals surface area contributed by atoms with E-state index in [4.69, 9.17) is 0 Å². The Kier molecular flexibility index (Phi) is 4.16. The highest BCUT2D eigenvalue weighted by Crippen LogP contribution is 2.11. The van der Waals surface area contributed by atoms with E-state index >= 15 is 0 Å². The first-order chi connectivity index (χ1) is 7.27. The minimum atomic E-state index is 0. The van der Waals surface area contributed by atoms with Crippen molar-refractivity contribution in [2.75, 3.05) is 18.5 Å². The lowest BCUT2D eigenvalue weighted by atomic mass is 10.3. The first kappa shape index (κ1) is 12.8. The van der Waals surface area contributed by atoms with E-state index in [1.807, 2.05) is 0 Å². The van der Waals surface area contributed by atoms with Gasteiger partial charge in [0.05, 0.1) is 10.7 Å².